The first-order valence-corrected chi connectivity index (χ1v) is 7.45. The average molecular weight is 352 g/mol. The molecule has 1 aromatic heterocycles. The standard InChI is InChI=1S/C15H18BrN3O2/c1-11(9-19-6-5-17-10-19)18-8-13-4-3-12(7-14(13)16)15(20)21-2/h3-7,10-11,18H,8-9H2,1-2H3. The van der Waals surface area contributed by atoms with Crippen LogP contribution in [0.4, 0.5) is 0 Å². The van der Waals surface area contributed by atoms with Crippen molar-refractivity contribution < 1.29 is 9.53 Å². The van der Waals surface area contributed by atoms with Crippen LogP contribution in [0.1, 0.15) is 22.8 Å². The molecule has 0 bridgehead atoms. The highest BCUT2D eigenvalue weighted by Gasteiger charge is 2.09. The van der Waals surface area contributed by atoms with Gasteiger partial charge in [-0.3, -0.25) is 0 Å². The fraction of sp³-hybridized carbons (Fsp3) is 0.333. The highest BCUT2D eigenvalue weighted by atomic mass is 79.9. The summed E-state index contributed by atoms with van der Waals surface area (Å²) >= 11 is 3.49. The fourth-order valence-electron chi connectivity index (χ4n) is 2.00. The summed E-state index contributed by atoms with van der Waals surface area (Å²) in [6.45, 7) is 3.70. The number of nitrogens with one attached hydrogen (secondary N) is 1. The average Bonchev–Trinajstić information content (AvgIpc) is 2.98. The van der Waals surface area contributed by atoms with Gasteiger partial charge in [0.05, 0.1) is 19.0 Å². The first-order chi connectivity index (χ1) is 10.1. The van der Waals surface area contributed by atoms with E-state index in [0.29, 0.717) is 11.6 Å². The summed E-state index contributed by atoms with van der Waals surface area (Å²) in [7, 11) is 1.38. The molecule has 112 valence electrons. The Morgan fingerprint density at radius 2 is 2.33 bits per heavy atom. The van der Waals surface area contributed by atoms with Gasteiger partial charge in [0, 0.05) is 36.0 Å². The number of rotatable bonds is 6. The maximum absolute atomic E-state index is 11.5. The number of hydrogen-bond acceptors (Lipinski definition) is 4. The third-order valence-electron chi connectivity index (χ3n) is 3.16. The van der Waals surface area contributed by atoms with Crippen molar-refractivity contribution in [3.8, 4) is 0 Å². The van der Waals surface area contributed by atoms with Gasteiger partial charge in [-0.1, -0.05) is 22.0 Å². The highest BCUT2D eigenvalue weighted by molar-refractivity contribution is 9.10. The largest absolute Gasteiger partial charge is 0.465 e. The lowest BCUT2D eigenvalue weighted by molar-refractivity contribution is 0.0600. The summed E-state index contributed by atoms with van der Waals surface area (Å²) in [4.78, 5) is 15.5. The molecule has 5 nitrogen and oxygen atoms in total. The van der Waals surface area contributed by atoms with Crippen molar-refractivity contribution in [1.29, 1.82) is 0 Å². The van der Waals surface area contributed by atoms with E-state index in [1.165, 1.54) is 7.11 Å². The molecule has 1 aromatic carbocycles. The van der Waals surface area contributed by atoms with E-state index < -0.39 is 0 Å². The summed E-state index contributed by atoms with van der Waals surface area (Å²) in [5.41, 5.74) is 1.64. The molecule has 1 atom stereocenters. The van der Waals surface area contributed by atoms with E-state index in [4.69, 9.17) is 4.74 Å². The van der Waals surface area contributed by atoms with Gasteiger partial charge in [0.1, 0.15) is 0 Å². The van der Waals surface area contributed by atoms with Crippen LogP contribution >= 0.6 is 15.9 Å². The fourth-order valence-corrected chi connectivity index (χ4v) is 2.51. The zero-order chi connectivity index (χ0) is 15.2. The van der Waals surface area contributed by atoms with E-state index in [1.807, 2.05) is 16.8 Å². The normalized spacial score (nSPS) is 12.1. The molecule has 0 saturated heterocycles. The molecule has 1 heterocycles. The molecular weight excluding hydrogens is 334 g/mol. The van der Waals surface area contributed by atoms with E-state index in [9.17, 15) is 4.79 Å². The second-order valence-electron chi connectivity index (χ2n) is 4.84. The number of ether oxygens (including phenoxy) is 1. The zero-order valence-electron chi connectivity index (χ0n) is 12.0. The van der Waals surface area contributed by atoms with Crippen LogP contribution in [0, 0.1) is 0 Å². The number of esters is 1. The van der Waals surface area contributed by atoms with E-state index in [0.717, 1.165) is 23.1 Å². The minimum atomic E-state index is -0.330. The summed E-state index contributed by atoms with van der Waals surface area (Å²) < 4.78 is 7.63. The molecule has 6 heteroatoms. The molecule has 0 fully saturated rings. The molecule has 0 aliphatic heterocycles. The van der Waals surface area contributed by atoms with Crippen molar-refractivity contribution in [2.24, 2.45) is 0 Å². The van der Waals surface area contributed by atoms with Gasteiger partial charge in [0.25, 0.3) is 0 Å². The summed E-state index contributed by atoms with van der Waals surface area (Å²) in [5, 5.41) is 3.45. The predicted octanol–water partition coefficient (Wildman–Crippen LogP) is 2.61. The zero-order valence-corrected chi connectivity index (χ0v) is 13.6. The van der Waals surface area contributed by atoms with Crippen LogP contribution in [0.15, 0.2) is 41.4 Å². The molecular formula is C15H18BrN3O2. The van der Waals surface area contributed by atoms with Crippen LogP contribution in [-0.4, -0.2) is 28.7 Å². The summed E-state index contributed by atoms with van der Waals surface area (Å²) in [6.07, 6.45) is 5.52. The quantitative estimate of drug-likeness (QED) is 0.812. The Morgan fingerprint density at radius 1 is 1.52 bits per heavy atom. The molecule has 1 N–H and O–H groups in total. The van der Waals surface area contributed by atoms with Crippen LogP contribution < -0.4 is 5.32 Å². The van der Waals surface area contributed by atoms with Crippen LogP contribution in [-0.2, 0) is 17.8 Å². The van der Waals surface area contributed by atoms with Gasteiger partial charge < -0.3 is 14.6 Å². The van der Waals surface area contributed by atoms with Crippen molar-refractivity contribution in [3.05, 3.63) is 52.5 Å². The van der Waals surface area contributed by atoms with E-state index in [-0.39, 0.29) is 5.97 Å². The molecule has 0 aliphatic rings. The Kier molecular flexibility index (Phi) is 5.52. The van der Waals surface area contributed by atoms with Crippen molar-refractivity contribution in [3.63, 3.8) is 0 Å². The minimum Gasteiger partial charge on any atom is -0.465 e. The Labute approximate surface area is 132 Å². The number of carbonyl (C=O) groups is 1. The van der Waals surface area contributed by atoms with Gasteiger partial charge in [0.15, 0.2) is 0 Å². The molecule has 0 saturated carbocycles. The molecule has 21 heavy (non-hydrogen) atoms. The Balaban J connectivity index is 1.92. The number of nitrogens with zero attached hydrogens (tertiary/aromatic N) is 2. The van der Waals surface area contributed by atoms with Crippen LogP contribution in [0.25, 0.3) is 0 Å². The van der Waals surface area contributed by atoms with E-state index in [2.05, 4.69) is 33.2 Å². The van der Waals surface area contributed by atoms with Gasteiger partial charge in [0.2, 0.25) is 0 Å². The van der Waals surface area contributed by atoms with Crippen molar-refractivity contribution in [1.82, 2.24) is 14.9 Å². The third-order valence-corrected chi connectivity index (χ3v) is 3.90. The number of hydrogen-bond donors (Lipinski definition) is 1. The lowest BCUT2D eigenvalue weighted by Gasteiger charge is -2.15. The van der Waals surface area contributed by atoms with Crippen LogP contribution in [0.3, 0.4) is 0 Å². The van der Waals surface area contributed by atoms with E-state index in [1.54, 1.807) is 24.7 Å². The number of benzene rings is 1. The van der Waals surface area contributed by atoms with Crippen molar-refractivity contribution in [2.45, 2.75) is 26.1 Å². The lowest BCUT2D eigenvalue weighted by Crippen LogP contribution is -2.29. The molecule has 0 spiro atoms. The molecule has 0 aliphatic carbocycles. The van der Waals surface area contributed by atoms with Crippen molar-refractivity contribution in [2.75, 3.05) is 7.11 Å². The molecule has 2 rings (SSSR count). The van der Waals surface area contributed by atoms with Gasteiger partial charge in [-0.15, -0.1) is 0 Å². The van der Waals surface area contributed by atoms with Gasteiger partial charge in [-0.25, -0.2) is 9.78 Å². The Hall–Kier alpha value is -1.66. The molecule has 2 aromatic rings. The second-order valence-corrected chi connectivity index (χ2v) is 5.69. The Bertz CT molecular complexity index is 599. The molecule has 0 amide bonds. The van der Waals surface area contributed by atoms with Gasteiger partial charge in [-0.2, -0.15) is 0 Å². The maximum atomic E-state index is 11.5. The number of imidazole rings is 1. The number of carbonyl (C=O) groups excluding carboxylic acids is 1. The SMILES string of the molecule is COC(=O)c1ccc(CNC(C)Cn2ccnc2)c(Br)c1. The van der Waals surface area contributed by atoms with Crippen molar-refractivity contribution >= 4 is 21.9 Å². The highest BCUT2D eigenvalue weighted by Crippen LogP contribution is 2.19. The number of methoxy groups -OCH3 is 1. The molecule has 1 unspecified atom stereocenters. The van der Waals surface area contributed by atoms with Crippen LogP contribution in [0.2, 0.25) is 0 Å². The monoisotopic (exact) mass is 351 g/mol. The lowest BCUT2D eigenvalue weighted by atomic mass is 10.1. The van der Waals surface area contributed by atoms with E-state index >= 15 is 0 Å². The van der Waals surface area contributed by atoms with Gasteiger partial charge in [-0.05, 0) is 24.6 Å². The Morgan fingerprint density at radius 3 is 2.95 bits per heavy atom. The number of aromatic nitrogens is 2. The summed E-state index contributed by atoms with van der Waals surface area (Å²) in [5.74, 6) is -0.330. The smallest absolute Gasteiger partial charge is 0.337 e. The van der Waals surface area contributed by atoms with Crippen LogP contribution in [0.5, 0.6) is 0 Å². The topological polar surface area (TPSA) is 56.1 Å². The minimum absolute atomic E-state index is 0.311. The second kappa shape index (κ2) is 7.38. The predicted molar refractivity (Wildman–Crippen MR) is 84.0 cm³/mol. The summed E-state index contributed by atoms with van der Waals surface area (Å²) in [6, 6.07) is 5.79. The van der Waals surface area contributed by atoms with Gasteiger partial charge >= 0.3 is 5.97 Å². The third kappa shape index (κ3) is 4.41. The number of halogens is 1. The first-order valence-electron chi connectivity index (χ1n) is 6.66. The molecule has 0 radical (unpaired) electrons. The first kappa shape index (κ1) is 15.7. The maximum Gasteiger partial charge on any atom is 0.337 e.